The number of primary amides is 2. The van der Waals surface area contributed by atoms with E-state index in [1.807, 2.05) is 46.8 Å². The van der Waals surface area contributed by atoms with Crippen LogP contribution in [0.25, 0.3) is 0 Å². The minimum Gasteiger partial charge on any atom is -0.497 e. The molecule has 3 aromatic rings. The van der Waals surface area contributed by atoms with Gasteiger partial charge in [0.1, 0.15) is 17.2 Å². The first-order chi connectivity index (χ1) is 22.9. The number of piperidine rings is 2. The van der Waals surface area contributed by atoms with Gasteiger partial charge in [-0.15, -0.1) is 0 Å². The van der Waals surface area contributed by atoms with Gasteiger partial charge in [0.25, 0.3) is 5.91 Å². The van der Waals surface area contributed by atoms with Crippen LogP contribution in [0.4, 0.5) is 22.1 Å². The van der Waals surface area contributed by atoms with E-state index < -0.39 is 17.4 Å². The monoisotopic (exact) mass is 661 g/mol. The third-order valence-corrected chi connectivity index (χ3v) is 7.84. The van der Waals surface area contributed by atoms with Crippen molar-refractivity contribution in [2.24, 2.45) is 11.5 Å². The van der Waals surface area contributed by atoms with Crippen LogP contribution in [0.1, 0.15) is 99.1 Å². The van der Waals surface area contributed by atoms with Gasteiger partial charge >= 0.3 is 6.09 Å². The molecule has 12 nitrogen and oxygen atoms in total. The molecule has 0 spiro atoms. The third kappa shape index (κ3) is 11.1. The van der Waals surface area contributed by atoms with E-state index in [0.29, 0.717) is 30.4 Å². The van der Waals surface area contributed by atoms with Gasteiger partial charge in [0, 0.05) is 37.4 Å². The Labute approximate surface area is 284 Å². The van der Waals surface area contributed by atoms with Crippen molar-refractivity contribution >= 4 is 35.2 Å². The molecule has 5 N–H and O–H groups in total. The molecule has 260 valence electrons. The molecule has 3 heterocycles. The summed E-state index contributed by atoms with van der Waals surface area (Å²) in [5.74, 6) is 1.19. The second-order valence-corrected chi connectivity index (χ2v) is 12.4. The van der Waals surface area contributed by atoms with E-state index >= 15 is 0 Å². The number of aromatic nitrogens is 2. The number of rotatable bonds is 7. The fourth-order valence-electron chi connectivity index (χ4n) is 5.38. The van der Waals surface area contributed by atoms with Crippen LogP contribution in [0, 0.1) is 0 Å². The summed E-state index contributed by atoms with van der Waals surface area (Å²) >= 11 is 0. The Hall–Kier alpha value is -4.87. The van der Waals surface area contributed by atoms with Crippen LogP contribution in [-0.2, 0) is 4.74 Å². The van der Waals surface area contributed by atoms with Crippen LogP contribution in [0.5, 0.6) is 5.75 Å². The van der Waals surface area contributed by atoms with E-state index in [1.54, 1.807) is 42.5 Å². The number of carbonyl (C=O) groups excluding carboxylic acids is 3. The summed E-state index contributed by atoms with van der Waals surface area (Å²) in [7, 11) is 1.57. The Kier molecular flexibility index (Phi) is 14.0. The zero-order valence-corrected chi connectivity index (χ0v) is 29.1. The van der Waals surface area contributed by atoms with Crippen molar-refractivity contribution in [3.63, 3.8) is 0 Å². The average molecular weight is 662 g/mol. The Morgan fingerprint density at radius 1 is 0.854 bits per heavy atom. The number of nitrogens with one attached hydrogen (secondary N) is 1. The van der Waals surface area contributed by atoms with Gasteiger partial charge < -0.3 is 36.1 Å². The highest BCUT2D eigenvalue weighted by atomic mass is 16.6. The van der Waals surface area contributed by atoms with Gasteiger partial charge in [-0.1, -0.05) is 26.0 Å². The zero-order chi connectivity index (χ0) is 35.3. The van der Waals surface area contributed by atoms with E-state index in [-0.39, 0.29) is 11.8 Å². The number of hydrogen-bond donors (Lipinski definition) is 3. The quantitative estimate of drug-likeness (QED) is 0.265. The molecular formula is C36H51N7O5. The highest BCUT2D eigenvalue weighted by Crippen LogP contribution is 2.30. The number of amides is 3. The summed E-state index contributed by atoms with van der Waals surface area (Å²) < 4.78 is 10.4. The molecule has 0 aliphatic carbocycles. The number of carbonyl (C=O) groups is 3. The topological polar surface area (TPSA) is 166 Å². The van der Waals surface area contributed by atoms with Crippen molar-refractivity contribution in [2.45, 2.75) is 78.2 Å². The van der Waals surface area contributed by atoms with Crippen LogP contribution in [0.2, 0.25) is 0 Å². The van der Waals surface area contributed by atoms with Gasteiger partial charge in [-0.2, -0.15) is 0 Å². The molecule has 2 aliphatic heterocycles. The molecule has 2 saturated heterocycles. The maximum atomic E-state index is 12.3. The molecule has 48 heavy (non-hydrogen) atoms. The van der Waals surface area contributed by atoms with Gasteiger partial charge in [0.15, 0.2) is 11.5 Å². The second-order valence-electron chi connectivity index (χ2n) is 12.4. The summed E-state index contributed by atoms with van der Waals surface area (Å²) in [4.78, 5) is 47.8. The lowest BCUT2D eigenvalue weighted by Gasteiger charge is -2.33. The van der Waals surface area contributed by atoms with Gasteiger partial charge in [-0.05, 0) is 101 Å². The Morgan fingerprint density at radius 3 is 1.98 bits per heavy atom. The summed E-state index contributed by atoms with van der Waals surface area (Å²) in [6.07, 6.45) is 6.64. The lowest BCUT2D eigenvalue weighted by atomic mass is 9.89. The number of likely N-dealkylation sites (tertiary alicyclic amines) is 1. The van der Waals surface area contributed by atoms with E-state index in [9.17, 15) is 14.4 Å². The Morgan fingerprint density at radius 2 is 1.46 bits per heavy atom. The van der Waals surface area contributed by atoms with Gasteiger partial charge in [-0.25, -0.2) is 14.8 Å². The van der Waals surface area contributed by atoms with Crippen molar-refractivity contribution in [1.29, 1.82) is 0 Å². The van der Waals surface area contributed by atoms with Crippen LogP contribution in [0.3, 0.4) is 0 Å². The van der Waals surface area contributed by atoms with E-state index in [2.05, 4.69) is 32.3 Å². The van der Waals surface area contributed by atoms with Crippen molar-refractivity contribution < 1.29 is 23.9 Å². The normalized spacial score (nSPS) is 14.8. The molecule has 0 saturated carbocycles. The molecule has 0 radical (unpaired) electrons. The van der Waals surface area contributed by atoms with Crippen LogP contribution in [-0.4, -0.2) is 71.7 Å². The van der Waals surface area contributed by atoms with Gasteiger partial charge in [0.05, 0.1) is 13.3 Å². The minimum absolute atomic E-state index is 0.129. The molecule has 12 heteroatoms. The Balaban J connectivity index is 0.000000405. The molecule has 0 atom stereocenters. The summed E-state index contributed by atoms with van der Waals surface area (Å²) in [5, 5.41) is 3.24. The molecule has 2 aromatic carbocycles. The van der Waals surface area contributed by atoms with E-state index in [4.69, 9.17) is 20.9 Å². The maximum absolute atomic E-state index is 12.3. The van der Waals surface area contributed by atoms with Crippen molar-refractivity contribution in [3.8, 4) is 5.75 Å². The number of anilines is 3. The number of ether oxygens (including phenoxy) is 2. The first-order valence-electron chi connectivity index (χ1n) is 16.6. The number of methoxy groups -OCH3 is 1. The highest BCUT2D eigenvalue weighted by Gasteiger charge is 2.27. The number of nitrogens with zero attached hydrogens (tertiary/aromatic N) is 4. The SMILES string of the molecule is CC.CC(C)(C)OC(=O)N1CCC(c2ccc(Nc3nc(N4CCCCC4)cnc3C(N)=O)cc2)CC1.COc1ccc(C(N)=O)cc1. The largest absolute Gasteiger partial charge is 0.497 e. The molecule has 0 unspecified atom stereocenters. The summed E-state index contributed by atoms with van der Waals surface area (Å²) in [6, 6.07) is 14.8. The Bertz CT molecular complexity index is 1480. The minimum atomic E-state index is -0.612. The fourth-order valence-corrected chi connectivity index (χ4v) is 5.38. The molecule has 2 fully saturated rings. The summed E-state index contributed by atoms with van der Waals surface area (Å²) in [5.41, 5.74) is 12.8. The van der Waals surface area contributed by atoms with E-state index in [0.717, 1.165) is 56.0 Å². The van der Waals surface area contributed by atoms with Crippen molar-refractivity contribution in [1.82, 2.24) is 14.9 Å². The van der Waals surface area contributed by atoms with Crippen LogP contribution in [0.15, 0.2) is 54.7 Å². The van der Waals surface area contributed by atoms with Crippen LogP contribution < -0.4 is 26.4 Å². The lowest BCUT2D eigenvalue weighted by Crippen LogP contribution is -2.41. The molecule has 1 aromatic heterocycles. The molecule has 0 bridgehead atoms. The van der Waals surface area contributed by atoms with E-state index in [1.165, 1.54) is 12.0 Å². The molecule has 2 aliphatic rings. The zero-order valence-electron chi connectivity index (χ0n) is 29.1. The van der Waals surface area contributed by atoms with Crippen molar-refractivity contribution in [2.75, 3.05) is 43.5 Å². The number of nitrogens with two attached hydrogens (primary N) is 2. The predicted molar refractivity (Wildman–Crippen MR) is 189 cm³/mol. The van der Waals surface area contributed by atoms with Crippen LogP contribution >= 0.6 is 0 Å². The molecular weight excluding hydrogens is 610 g/mol. The summed E-state index contributed by atoms with van der Waals surface area (Å²) in [6.45, 7) is 12.9. The lowest BCUT2D eigenvalue weighted by molar-refractivity contribution is 0.0204. The highest BCUT2D eigenvalue weighted by molar-refractivity contribution is 5.96. The average Bonchev–Trinajstić information content (AvgIpc) is 3.09. The predicted octanol–water partition coefficient (Wildman–Crippen LogP) is 6.24. The molecule has 5 rings (SSSR count). The first-order valence-corrected chi connectivity index (χ1v) is 16.6. The van der Waals surface area contributed by atoms with Gasteiger partial charge in [-0.3, -0.25) is 9.59 Å². The standard InChI is InChI=1S/C26H36N6O3.C8H9NO2.C2H6/c1-26(2,3)35-25(34)32-15-11-19(12-16-32)18-7-9-20(10-8-18)29-24-22(23(27)33)28-17-21(30-24)31-13-5-4-6-14-31;1-11-7-4-2-6(3-5-7)8(9)10;1-2/h7-10,17,19H,4-6,11-16H2,1-3H3,(H2,27,33)(H,29,30);2-5H,1H3,(H2,9,10);1-2H3. The van der Waals surface area contributed by atoms with Gasteiger partial charge in [0.2, 0.25) is 5.91 Å². The number of benzene rings is 2. The molecule has 3 amide bonds. The third-order valence-electron chi connectivity index (χ3n) is 7.84. The maximum Gasteiger partial charge on any atom is 0.410 e. The number of hydrogen-bond acceptors (Lipinski definition) is 9. The van der Waals surface area contributed by atoms with Crippen molar-refractivity contribution in [3.05, 3.63) is 71.5 Å². The smallest absolute Gasteiger partial charge is 0.410 e. The fraction of sp³-hybridized carbons (Fsp3) is 0.472. The first kappa shape index (κ1) is 37.6. The second kappa shape index (κ2) is 17.9.